The van der Waals surface area contributed by atoms with Crippen molar-refractivity contribution in [3.8, 4) is 16.9 Å². The van der Waals surface area contributed by atoms with Crippen molar-refractivity contribution in [3.63, 3.8) is 0 Å². The van der Waals surface area contributed by atoms with Crippen molar-refractivity contribution < 1.29 is 23.0 Å². The predicted molar refractivity (Wildman–Crippen MR) is 95.9 cm³/mol. The van der Waals surface area contributed by atoms with Gasteiger partial charge in [-0.15, -0.1) is 0 Å². The molecule has 0 saturated carbocycles. The lowest BCUT2D eigenvalue weighted by molar-refractivity contribution is 0.0520. The molecule has 7 heteroatoms. The first-order valence-corrected chi connectivity index (χ1v) is 8.11. The zero-order valence-electron chi connectivity index (χ0n) is 14.9. The Bertz CT molecular complexity index is 789. The molecule has 0 radical (unpaired) electrons. The minimum absolute atomic E-state index is 0.139. The maximum atomic E-state index is 14.1. The van der Waals surface area contributed by atoms with Crippen LogP contribution in [0.4, 0.5) is 19.3 Å². The number of rotatable bonds is 5. The van der Waals surface area contributed by atoms with E-state index in [0.29, 0.717) is 11.3 Å². The topological polar surface area (TPSA) is 73.6 Å². The van der Waals surface area contributed by atoms with Crippen molar-refractivity contribution >= 4 is 11.8 Å². The Morgan fingerprint density at radius 3 is 2.50 bits per heavy atom. The number of nitrogen functional groups attached to an aromatic ring is 1. The molecule has 0 aromatic heterocycles. The van der Waals surface area contributed by atoms with E-state index in [4.69, 9.17) is 15.2 Å². The van der Waals surface area contributed by atoms with Gasteiger partial charge in [0.05, 0.1) is 12.2 Å². The fourth-order valence-electron chi connectivity index (χ4n) is 2.22. The smallest absolute Gasteiger partial charge is 0.407 e. The molecule has 3 N–H and O–H groups in total. The van der Waals surface area contributed by atoms with Crippen LogP contribution in [0.2, 0.25) is 0 Å². The summed E-state index contributed by atoms with van der Waals surface area (Å²) in [6, 6.07) is 8.70. The van der Waals surface area contributed by atoms with E-state index in [1.807, 2.05) is 0 Å². The minimum atomic E-state index is -0.814. The summed E-state index contributed by atoms with van der Waals surface area (Å²) < 4.78 is 38.2. The van der Waals surface area contributed by atoms with Crippen molar-refractivity contribution in [1.29, 1.82) is 0 Å². The molecule has 0 heterocycles. The van der Waals surface area contributed by atoms with E-state index < -0.39 is 23.3 Å². The fourth-order valence-corrected chi connectivity index (χ4v) is 2.22. The van der Waals surface area contributed by atoms with Gasteiger partial charge in [-0.1, -0.05) is 18.2 Å². The lowest BCUT2D eigenvalue weighted by Gasteiger charge is -2.19. The van der Waals surface area contributed by atoms with Gasteiger partial charge in [0.2, 0.25) is 0 Å². The number of para-hydroxylation sites is 1. The average Bonchev–Trinajstić information content (AvgIpc) is 2.54. The number of hydrogen-bond donors (Lipinski definition) is 2. The molecule has 0 spiro atoms. The van der Waals surface area contributed by atoms with Crippen molar-refractivity contribution in [3.05, 3.63) is 48.0 Å². The van der Waals surface area contributed by atoms with Crippen molar-refractivity contribution in [1.82, 2.24) is 5.32 Å². The van der Waals surface area contributed by atoms with Gasteiger partial charge in [0, 0.05) is 17.2 Å². The van der Waals surface area contributed by atoms with Gasteiger partial charge in [-0.3, -0.25) is 0 Å². The van der Waals surface area contributed by atoms with Crippen LogP contribution in [0.3, 0.4) is 0 Å². The number of benzene rings is 2. The normalized spacial score (nSPS) is 11.1. The van der Waals surface area contributed by atoms with Crippen molar-refractivity contribution in [2.75, 3.05) is 18.9 Å². The summed E-state index contributed by atoms with van der Waals surface area (Å²) >= 11 is 0. The molecular formula is C19H22F2N2O3. The molecule has 2 rings (SSSR count). The number of carbonyl (C=O) groups excluding carboxylic acids is 1. The molecule has 140 valence electrons. The third kappa shape index (κ3) is 5.34. The third-order valence-corrected chi connectivity index (χ3v) is 3.29. The Morgan fingerprint density at radius 1 is 1.12 bits per heavy atom. The summed E-state index contributed by atoms with van der Waals surface area (Å²) in [6.07, 6.45) is -0.549. The molecule has 0 bridgehead atoms. The SMILES string of the molecule is CC(C)(C)OC(=O)NCCOc1ccccc1-c1cc(N)c(F)cc1F. The lowest BCUT2D eigenvalue weighted by atomic mass is 10.0. The summed E-state index contributed by atoms with van der Waals surface area (Å²) in [4.78, 5) is 11.6. The Kier molecular flexibility index (Phi) is 6.02. The molecule has 2 aromatic carbocycles. The van der Waals surface area contributed by atoms with E-state index in [-0.39, 0.29) is 24.4 Å². The first-order chi connectivity index (χ1) is 12.2. The Balaban J connectivity index is 2.04. The molecule has 0 unspecified atom stereocenters. The minimum Gasteiger partial charge on any atom is -0.491 e. The predicted octanol–water partition coefficient (Wildman–Crippen LogP) is 4.12. The number of amides is 1. The number of halogens is 2. The third-order valence-electron chi connectivity index (χ3n) is 3.29. The van der Waals surface area contributed by atoms with Gasteiger partial charge in [-0.25, -0.2) is 13.6 Å². The van der Waals surface area contributed by atoms with Crippen LogP contribution in [0.15, 0.2) is 36.4 Å². The maximum absolute atomic E-state index is 14.1. The zero-order chi connectivity index (χ0) is 19.3. The number of ether oxygens (including phenoxy) is 2. The van der Waals surface area contributed by atoms with Crippen LogP contribution in [0.1, 0.15) is 20.8 Å². The van der Waals surface area contributed by atoms with Gasteiger partial charge in [0.15, 0.2) is 0 Å². The van der Waals surface area contributed by atoms with E-state index in [2.05, 4.69) is 5.32 Å². The quantitative estimate of drug-likeness (QED) is 0.618. The van der Waals surface area contributed by atoms with Gasteiger partial charge in [0.1, 0.15) is 29.6 Å². The molecule has 0 atom stereocenters. The second kappa shape index (κ2) is 8.03. The number of nitrogens with one attached hydrogen (secondary N) is 1. The Morgan fingerprint density at radius 2 is 1.81 bits per heavy atom. The van der Waals surface area contributed by atoms with Gasteiger partial charge in [-0.2, -0.15) is 0 Å². The van der Waals surface area contributed by atoms with Crippen LogP contribution >= 0.6 is 0 Å². The number of hydrogen-bond acceptors (Lipinski definition) is 4. The average molecular weight is 364 g/mol. The second-order valence-electron chi connectivity index (χ2n) is 6.63. The van der Waals surface area contributed by atoms with Crippen LogP contribution in [0.5, 0.6) is 5.75 Å². The highest BCUT2D eigenvalue weighted by molar-refractivity contribution is 5.73. The Labute approximate surface area is 151 Å². The number of alkyl carbamates (subject to hydrolysis) is 1. The van der Waals surface area contributed by atoms with Gasteiger partial charge >= 0.3 is 6.09 Å². The summed E-state index contributed by atoms with van der Waals surface area (Å²) in [5.41, 5.74) is 5.38. The molecule has 2 aromatic rings. The fraction of sp³-hybridized carbons (Fsp3) is 0.316. The standard InChI is InChI=1S/C19H22F2N2O3/c1-19(2,3)26-18(24)23-8-9-25-17-7-5-4-6-12(17)13-10-16(22)15(21)11-14(13)20/h4-7,10-11H,8-9,22H2,1-3H3,(H,23,24). The highest BCUT2D eigenvalue weighted by atomic mass is 19.1. The molecule has 0 aliphatic carbocycles. The molecule has 0 saturated heterocycles. The summed E-state index contributed by atoms with van der Waals surface area (Å²) in [5.74, 6) is -1.16. The van der Waals surface area contributed by atoms with Gasteiger partial charge < -0.3 is 20.5 Å². The van der Waals surface area contributed by atoms with E-state index in [9.17, 15) is 13.6 Å². The highest BCUT2D eigenvalue weighted by Gasteiger charge is 2.16. The molecule has 26 heavy (non-hydrogen) atoms. The van der Waals surface area contributed by atoms with Crippen LogP contribution in [-0.2, 0) is 4.74 Å². The molecule has 0 aliphatic rings. The molecule has 5 nitrogen and oxygen atoms in total. The molecule has 1 amide bonds. The summed E-state index contributed by atoms with van der Waals surface area (Å²) in [5, 5.41) is 2.57. The van der Waals surface area contributed by atoms with Crippen LogP contribution in [0, 0.1) is 11.6 Å². The largest absolute Gasteiger partial charge is 0.491 e. The molecular weight excluding hydrogens is 342 g/mol. The maximum Gasteiger partial charge on any atom is 0.407 e. The van der Waals surface area contributed by atoms with Gasteiger partial charge in [-0.05, 0) is 32.9 Å². The second-order valence-corrected chi connectivity index (χ2v) is 6.63. The number of anilines is 1. The Hall–Kier alpha value is -2.83. The van der Waals surface area contributed by atoms with E-state index in [1.54, 1.807) is 45.0 Å². The molecule has 0 aliphatic heterocycles. The van der Waals surface area contributed by atoms with Crippen LogP contribution in [-0.4, -0.2) is 24.8 Å². The van der Waals surface area contributed by atoms with Crippen LogP contribution < -0.4 is 15.8 Å². The van der Waals surface area contributed by atoms with Gasteiger partial charge in [0.25, 0.3) is 0 Å². The van der Waals surface area contributed by atoms with Crippen LogP contribution in [0.25, 0.3) is 11.1 Å². The number of carbonyl (C=O) groups is 1. The first kappa shape index (κ1) is 19.5. The monoisotopic (exact) mass is 364 g/mol. The van der Waals surface area contributed by atoms with E-state index >= 15 is 0 Å². The number of nitrogens with two attached hydrogens (primary N) is 1. The van der Waals surface area contributed by atoms with E-state index in [1.165, 1.54) is 6.07 Å². The highest BCUT2D eigenvalue weighted by Crippen LogP contribution is 2.33. The lowest BCUT2D eigenvalue weighted by Crippen LogP contribution is -2.34. The van der Waals surface area contributed by atoms with Crippen molar-refractivity contribution in [2.24, 2.45) is 0 Å². The summed E-state index contributed by atoms with van der Waals surface area (Å²) in [6.45, 7) is 5.65. The zero-order valence-corrected chi connectivity index (χ0v) is 14.9. The molecule has 0 fully saturated rings. The van der Waals surface area contributed by atoms with Crippen molar-refractivity contribution in [2.45, 2.75) is 26.4 Å². The summed E-state index contributed by atoms with van der Waals surface area (Å²) in [7, 11) is 0. The first-order valence-electron chi connectivity index (χ1n) is 8.11. The van der Waals surface area contributed by atoms with E-state index in [0.717, 1.165) is 6.07 Å².